The van der Waals surface area contributed by atoms with Crippen molar-refractivity contribution in [3.05, 3.63) is 71.0 Å². The Labute approximate surface area is 164 Å². The summed E-state index contributed by atoms with van der Waals surface area (Å²) in [7, 11) is 1.57. The molecule has 0 radical (unpaired) electrons. The van der Waals surface area contributed by atoms with E-state index in [4.69, 9.17) is 0 Å². The van der Waals surface area contributed by atoms with Crippen LogP contribution in [0.4, 0.5) is 4.39 Å². The third-order valence-corrected chi connectivity index (χ3v) is 5.25. The number of hydrogen-bond donors (Lipinski definition) is 1. The molecular weight excluding hydrogens is 363 g/mol. The average Bonchev–Trinajstić information content (AvgIpc) is 2.66. The number of nitrogens with zero attached hydrogens (tertiary/aromatic N) is 1. The highest BCUT2D eigenvalue weighted by atomic mass is 32.2. The highest BCUT2D eigenvalue weighted by Gasteiger charge is 2.25. The van der Waals surface area contributed by atoms with Gasteiger partial charge in [-0.05, 0) is 37.1 Å². The van der Waals surface area contributed by atoms with E-state index in [2.05, 4.69) is 5.32 Å². The van der Waals surface area contributed by atoms with E-state index in [9.17, 15) is 14.0 Å². The van der Waals surface area contributed by atoms with Gasteiger partial charge in [-0.1, -0.05) is 42.0 Å². The molecule has 0 heterocycles. The summed E-state index contributed by atoms with van der Waals surface area (Å²) < 4.78 is 13.0. The zero-order valence-corrected chi connectivity index (χ0v) is 16.7. The molecule has 0 aliphatic carbocycles. The Morgan fingerprint density at radius 3 is 2.48 bits per heavy atom. The average molecular weight is 389 g/mol. The Hall–Kier alpha value is -2.34. The van der Waals surface area contributed by atoms with E-state index >= 15 is 0 Å². The number of carbonyl (C=O) groups is 2. The van der Waals surface area contributed by atoms with Gasteiger partial charge in [-0.2, -0.15) is 0 Å². The van der Waals surface area contributed by atoms with Crippen molar-refractivity contribution in [2.45, 2.75) is 32.2 Å². The maximum absolute atomic E-state index is 13.0. The Morgan fingerprint density at radius 1 is 1.15 bits per heavy atom. The minimum Gasteiger partial charge on any atom is -0.357 e. The van der Waals surface area contributed by atoms with Crippen LogP contribution in [-0.2, 0) is 21.9 Å². The molecule has 2 aromatic carbocycles. The fourth-order valence-corrected chi connectivity index (χ4v) is 3.59. The van der Waals surface area contributed by atoms with Gasteiger partial charge in [-0.15, -0.1) is 11.8 Å². The second-order valence-electron chi connectivity index (χ2n) is 6.42. The number of thioether (sulfide) groups is 1. The summed E-state index contributed by atoms with van der Waals surface area (Å²) in [5.41, 5.74) is 3.06. The Balaban J connectivity index is 2.03. The largest absolute Gasteiger partial charge is 0.357 e. The fraction of sp³-hybridized carbons (Fsp3) is 0.333. The van der Waals surface area contributed by atoms with Crippen LogP contribution >= 0.6 is 11.8 Å². The Morgan fingerprint density at radius 2 is 1.85 bits per heavy atom. The van der Waals surface area contributed by atoms with Crippen LogP contribution in [0.2, 0.25) is 0 Å². The molecule has 1 N–H and O–H groups in total. The predicted octanol–water partition coefficient (Wildman–Crippen LogP) is 3.53. The topological polar surface area (TPSA) is 49.4 Å². The van der Waals surface area contributed by atoms with E-state index in [1.54, 1.807) is 31.0 Å². The lowest BCUT2D eigenvalue weighted by atomic mass is 10.1. The maximum Gasteiger partial charge on any atom is 0.242 e. The van der Waals surface area contributed by atoms with Crippen LogP contribution in [0.1, 0.15) is 23.6 Å². The van der Waals surface area contributed by atoms with Crippen LogP contribution in [0.3, 0.4) is 0 Å². The zero-order chi connectivity index (χ0) is 19.8. The summed E-state index contributed by atoms with van der Waals surface area (Å²) in [5.74, 6) is 0.297. The first-order chi connectivity index (χ1) is 12.9. The number of carbonyl (C=O) groups excluding carboxylic acids is 2. The molecule has 27 heavy (non-hydrogen) atoms. The number of halogens is 1. The first-order valence-electron chi connectivity index (χ1n) is 8.79. The molecule has 0 aliphatic rings. The first-order valence-corrected chi connectivity index (χ1v) is 9.95. The molecule has 4 nitrogen and oxygen atoms in total. The van der Waals surface area contributed by atoms with Crippen LogP contribution in [-0.4, -0.2) is 35.6 Å². The monoisotopic (exact) mass is 388 g/mol. The number of nitrogens with one attached hydrogen (secondary N) is 1. The van der Waals surface area contributed by atoms with Gasteiger partial charge in [0.15, 0.2) is 0 Å². The summed E-state index contributed by atoms with van der Waals surface area (Å²) in [5, 5.41) is 2.61. The molecule has 0 fully saturated rings. The lowest BCUT2D eigenvalue weighted by molar-refractivity contribution is -0.138. The van der Waals surface area contributed by atoms with Gasteiger partial charge in [0, 0.05) is 19.3 Å². The third kappa shape index (κ3) is 6.40. The quantitative estimate of drug-likeness (QED) is 0.753. The summed E-state index contributed by atoms with van der Waals surface area (Å²) in [6, 6.07) is 13.6. The standard InChI is InChI=1S/C21H25FN2O2S/c1-15-5-4-6-18(11-15)12-24(16(2)21(26)23-3)20(25)14-27-13-17-7-9-19(22)10-8-17/h4-11,16H,12-14H2,1-3H3,(H,23,26)/t16-/m0/s1. The van der Waals surface area contributed by atoms with Gasteiger partial charge in [0.25, 0.3) is 0 Å². The minimum atomic E-state index is -0.561. The van der Waals surface area contributed by atoms with E-state index in [0.717, 1.165) is 16.7 Å². The van der Waals surface area contributed by atoms with Crippen molar-refractivity contribution in [3.63, 3.8) is 0 Å². The molecule has 0 spiro atoms. The highest BCUT2D eigenvalue weighted by Crippen LogP contribution is 2.17. The van der Waals surface area contributed by atoms with Crippen molar-refractivity contribution < 1.29 is 14.0 Å². The normalized spacial score (nSPS) is 11.7. The molecule has 0 saturated carbocycles. The van der Waals surface area contributed by atoms with E-state index in [-0.39, 0.29) is 23.4 Å². The molecule has 0 bridgehead atoms. The molecule has 1 atom stereocenters. The smallest absolute Gasteiger partial charge is 0.242 e. The molecule has 2 rings (SSSR count). The summed E-state index contributed by atoms with van der Waals surface area (Å²) in [6.07, 6.45) is 0. The van der Waals surface area contributed by atoms with Crippen LogP contribution in [0.15, 0.2) is 48.5 Å². The van der Waals surface area contributed by atoms with Crippen LogP contribution in [0, 0.1) is 12.7 Å². The van der Waals surface area contributed by atoms with Gasteiger partial charge in [-0.3, -0.25) is 9.59 Å². The lowest BCUT2D eigenvalue weighted by Gasteiger charge is -2.28. The second-order valence-corrected chi connectivity index (χ2v) is 7.41. The van der Waals surface area contributed by atoms with Crippen molar-refractivity contribution in [1.29, 1.82) is 0 Å². The van der Waals surface area contributed by atoms with Crippen LogP contribution in [0.5, 0.6) is 0 Å². The van der Waals surface area contributed by atoms with Crippen molar-refractivity contribution in [2.24, 2.45) is 0 Å². The molecule has 6 heteroatoms. The number of rotatable bonds is 8. The predicted molar refractivity (Wildman–Crippen MR) is 108 cm³/mol. The molecule has 0 unspecified atom stereocenters. The summed E-state index contributed by atoms with van der Waals surface area (Å²) >= 11 is 1.45. The number of hydrogen-bond acceptors (Lipinski definition) is 3. The Kier molecular flexibility index (Phi) is 7.85. The molecule has 0 saturated heterocycles. The summed E-state index contributed by atoms with van der Waals surface area (Å²) in [4.78, 5) is 26.5. The SMILES string of the molecule is CNC(=O)[C@H](C)N(Cc1cccc(C)c1)C(=O)CSCc1ccc(F)cc1. The van der Waals surface area contributed by atoms with E-state index < -0.39 is 6.04 Å². The van der Waals surface area contributed by atoms with Gasteiger partial charge >= 0.3 is 0 Å². The second kappa shape index (κ2) is 10.1. The number of aryl methyl sites for hydroxylation is 1. The van der Waals surface area contributed by atoms with Crippen LogP contribution in [0.25, 0.3) is 0 Å². The van der Waals surface area contributed by atoms with Gasteiger partial charge in [0.1, 0.15) is 11.9 Å². The zero-order valence-electron chi connectivity index (χ0n) is 15.9. The first kappa shape index (κ1) is 21.0. The lowest BCUT2D eigenvalue weighted by Crippen LogP contribution is -2.47. The number of benzene rings is 2. The highest BCUT2D eigenvalue weighted by molar-refractivity contribution is 7.99. The number of amides is 2. The minimum absolute atomic E-state index is 0.0975. The van der Waals surface area contributed by atoms with Crippen molar-refractivity contribution in [1.82, 2.24) is 10.2 Å². The van der Waals surface area contributed by atoms with Crippen molar-refractivity contribution >= 4 is 23.6 Å². The summed E-state index contributed by atoms with van der Waals surface area (Å²) in [6.45, 7) is 4.11. The van der Waals surface area contributed by atoms with Gasteiger partial charge < -0.3 is 10.2 Å². The van der Waals surface area contributed by atoms with E-state index in [0.29, 0.717) is 12.3 Å². The molecule has 0 aliphatic heterocycles. The van der Waals surface area contributed by atoms with Crippen molar-refractivity contribution in [3.8, 4) is 0 Å². The fourth-order valence-electron chi connectivity index (χ4n) is 2.72. The van der Waals surface area contributed by atoms with E-state index in [1.807, 2.05) is 31.2 Å². The van der Waals surface area contributed by atoms with E-state index in [1.165, 1.54) is 23.9 Å². The molecule has 2 aromatic rings. The van der Waals surface area contributed by atoms with Gasteiger partial charge in [-0.25, -0.2) is 4.39 Å². The molecule has 0 aromatic heterocycles. The molecule has 2 amide bonds. The molecular formula is C21H25FN2O2S. The molecule has 144 valence electrons. The van der Waals surface area contributed by atoms with Gasteiger partial charge in [0.2, 0.25) is 11.8 Å². The van der Waals surface area contributed by atoms with Crippen LogP contribution < -0.4 is 5.32 Å². The number of likely N-dealkylation sites (N-methyl/N-ethyl adjacent to an activating group) is 1. The van der Waals surface area contributed by atoms with Gasteiger partial charge in [0.05, 0.1) is 5.75 Å². The Bertz CT molecular complexity index is 780. The third-order valence-electron chi connectivity index (χ3n) is 4.26. The maximum atomic E-state index is 13.0. The van der Waals surface area contributed by atoms with Crippen molar-refractivity contribution in [2.75, 3.05) is 12.8 Å².